The summed E-state index contributed by atoms with van der Waals surface area (Å²) in [5, 5.41) is 9.72. The summed E-state index contributed by atoms with van der Waals surface area (Å²) in [6, 6.07) is 5.48. The molecule has 5 heteroatoms. The van der Waals surface area contributed by atoms with Gasteiger partial charge in [-0.1, -0.05) is 42.3 Å². The second kappa shape index (κ2) is 6.84. The number of hydrogen-bond donors (Lipinski definition) is 1. The lowest BCUT2D eigenvalue weighted by atomic mass is 10.2. The van der Waals surface area contributed by atoms with Gasteiger partial charge in [-0.2, -0.15) is 0 Å². The first-order chi connectivity index (χ1) is 8.04. The van der Waals surface area contributed by atoms with Gasteiger partial charge in [-0.05, 0) is 18.2 Å². The standard InChI is InChI=1S/C12H15Cl2NO2/c1-2-15(7-6-11(16)17)8-9-4-3-5-10(13)12(9)14/h3-5H,2,6-8H2,1H3,(H,16,17). The molecule has 0 aliphatic rings. The number of benzene rings is 1. The molecule has 17 heavy (non-hydrogen) atoms. The fourth-order valence-corrected chi connectivity index (χ4v) is 1.89. The van der Waals surface area contributed by atoms with Gasteiger partial charge in [-0.15, -0.1) is 0 Å². The maximum absolute atomic E-state index is 10.5. The Balaban J connectivity index is 2.67. The first kappa shape index (κ1) is 14.3. The van der Waals surface area contributed by atoms with Gasteiger partial charge in [-0.25, -0.2) is 0 Å². The smallest absolute Gasteiger partial charge is 0.304 e. The van der Waals surface area contributed by atoms with Crippen molar-refractivity contribution < 1.29 is 9.90 Å². The number of carboxylic acids is 1. The van der Waals surface area contributed by atoms with Crippen LogP contribution in [0, 0.1) is 0 Å². The minimum absolute atomic E-state index is 0.131. The Labute approximate surface area is 111 Å². The van der Waals surface area contributed by atoms with Crippen molar-refractivity contribution in [2.75, 3.05) is 13.1 Å². The minimum Gasteiger partial charge on any atom is -0.481 e. The molecule has 0 saturated heterocycles. The van der Waals surface area contributed by atoms with Gasteiger partial charge in [0.1, 0.15) is 0 Å². The lowest BCUT2D eigenvalue weighted by molar-refractivity contribution is -0.137. The lowest BCUT2D eigenvalue weighted by Crippen LogP contribution is -2.25. The van der Waals surface area contributed by atoms with Crippen LogP contribution >= 0.6 is 23.2 Å². The minimum atomic E-state index is -0.791. The van der Waals surface area contributed by atoms with E-state index in [4.69, 9.17) is 28.3 Å². The van der Waals surface area contributed by atoms with Crippen molar-refractivity contribution in [1.82, 2.24) is 4.90 Å². The molecule has 0 atom stereocenters. The van der Waals surface area contributed by atoms with Crippen molar-refractivity contribution in [1.29, 1.82) is 0 Å². The second-order valence-electron chi connectivity index (χ2n) is 3.73. The monoisotopic (exact) mass is 275 g/mol. The summed E-state index contributed by atoms with van der Waals surface area (Å²) in [5.41, 5.74) is 0.923. The third-order valence-corrected chi connectivity index (χ3v) is 3.37. The SMILES string of the molecule is CCN(CCC(=O)O)Cc1cccc(Cl)c1Cl. The molecule has 0 amide bonds. The third kappa shape index (κ3) is 4.54. The Morgan fingerprint density at radius 1 is 1.41 bits per heavy atom. The van der Waals surface area contributed by atoms with Crippen LogP contribution in [0.1, 0.15) is 18.9 Å². The number of hydrogen-bond acceptors (Lipinski definition) is 2. The Kier molecular flexibility index (Phi) is 5.75. The molecule has 0 aliphatic carbocycles. The Hall–Kier alpha value is -0.770. The molecule has 1 aromatic rings. The van der Waals surface area contributed by atoms with Gasteiger partial charge in [0.05, 0.1) is 16.5 Å². The zero-order valence-electron chi connectivity index (χ0n) is 9.62. The maximum Gasteiger partial charge on any atom is 0.304 e. The molecule has 94 valence electrons. The van der Waals surface area contributed by atoms with E-state index in [1.165, 1.54) is 0 Å². The van der Waals surface area contributed by atoms with E-state index < -0.39 is 5.97 Å². The summed E-state index contributed by atoms with van der Waals surface area (Å²) < 4.78 is 0. The van der Waals surface area contributed by atoms with Crippen LogP contribution in [0.2, 0.25) is 10.0 Å². The third-order valence-electron chi connectivity index (χ3n) is 2.51. The number of carboxylic acid groups (broad SMARTS) is 1. The van der Waals surface area contributed by atoms with Gasteiger partial charge < -0.3 is 5.11 Å². The second-order valence-corrected chi connectivity index (χ2v) is 4.51. The molecule has 0 radical (unpaired) electrons. The molecule has 1 aromatic carbocycles. The van der Waals surface area contributed by atoms with Crippen LogP contribution in [0.25, 0.3) is 0 Å². The summed E-state index contributed by atoms with van der Waals surface area (Å²) in [7, 11) is 0. The summed E-state index contributed by atoms with van der Waals surface area (Å²) >= 11 is 12.0. The van der Waals surface area contributed by atoms with Gasteiger partial charge in [0, 0.05) is 13.1 Å². The highest BCUT2D eigenvalue weighted by Gasteiger charge is 2.10. The fourth-order valence-electron chi connectivity index (χ4n) is 1.51. The number of carbonyl (C=O) groups is 1. The molecule has 0 aromatic heterocycles. The first-order valence-electron chi connectivity index (χ1n) is 5.41. The molecule has 0 heterocycles. The van der Waals surface area contributed by atoms with Gasteiger partial charge in [0.2, 0.25) is 0 Å². The molecular weight excluding hydrogens is 261 g/mol. The van der Waals surface area contributed by atoms with Crippen LogP contribution < -0.4 is 0 Å². The topological polar surface area (TPSA) is 40.5 Å². The molecule has 0 bridgehead atoms. The quantitative estimate of drug-likeness (QED) is 0.866. The van der Waals surface area contributed by atoms with Crippen molar-refractivity contribution in [3.05, 3.63) is 33.8 Å². The average Bonchev–Trinajstić information content (AvgIpc) is 2.29. The number of rotatable bonds is 6. The molecule has 0 aliphatic heterocycles. The van der Waals surface area contributed by atoms with E-state index in [0.29, 0.717) is 23.1 Å². The normalized spacial score (nSPS) is 10.8. The van der Waals surface area contributed by atoms with Crippen LogP contribution in [0.4, 0.5) is 0 Å². The van der Waals surface area contributed by atoms with Crippen molar-refractivity contribution in [3.8, 4) is 0 Å². The van der Waals surface area contributed by atoms with Crippen molar-refractivity contribution >= 4 is 29.2 Å². The maximum atomic E-state index is 10.5. The van der Waals surface area contributed by atoms with E-state index >= 15 is 0 Å². The van der Waals surface area contributed by atoms with Crippen LogP contribution in [0.15, 0.2) is 18.2 Å². The van der Waals surface area contributed by atoms with E-state index in [9.17, 15) is 4.79 Å². The van der Waals surface area contributed by atoms with Crippen LogP contribution in [-0.4, -0.2) is 29.1 Å². The largest absolute Gasteiger partial charge is 0.481 e. The van der Waals surface area contributed by atoms with Crippen LogP contribution in [-0.2, 0) is 11.3 Å². The van der Waals surface area contributed by atoms with Crippen molar-refractivity contribution in [3.63, 3.8) is 0 Å². The predicted molar refractivity (Wildman–Crippen MR) is 69.7 cm³/mol. The summed E-state index contributed by atoms with van der Waals surface area (Å²) in [4.78, 5) is 12.5. The molecular formula is C12H15Cl2NO2. The van der Waals surface area contributed by atoms with Gasteiger partial charge in [0.15, 0.2) is 0 Å². The average molecular weight is 276 g/mol. The fraction of sp³-hybridized carbons (Fsp3) is 0.417. The van der Waals surface area contributed by atoms with Crippen LogP contribution in [0.3, 0.4) is 0 Å². The van der Waals surface area contributed by atoms with Gasteiger partial charge in [0.25, 0.3) is 0 Å². The van der Waals surface area contributed by atoms with Crippen molar-refractivity contribution in [2.24, 2.45) is 0 Å². The van der Waals surface area contributed by atoms with E-state index in [0.717, 1.165) is 12.1 Å². The summed E-state index contributed by atoms with van der Waals surface area (Å²) in [6.07, 6.45) is 0.131. The lowest BCUT2D eigenvalue weighted by Gasteiger charge is -2.20. The Morgan fingerprint density at radius 2 is 2.12 bits per heavy atom. The highest BCUT2D eigenvalue weighted by atomic mass is 35.5. The van der Waals surface area contributed by atoms with E-state index in [-0.39, 0.29) is 6.42 Å². The molecule has 1 rings (SSSR count). The summed E-state index contributed by atoms with van der Waals surface area (Å²) in [5.74, 6) is -0.791. The highest BCUT2D eigenvalue weighted by Crippen LogP contribution is 2.26. The number of halogens is 2. The molecule has 0 fully saturated rings. The Bertz CT molecular complexity index is 396. The summed E-state index contributed by atoms with van der Waals surface area (Å²) in [6.45, 7) is 3.88. The molecule has 3 nitrogen and oxygen atoms in total. The van der Waals surface area contributed by atoms with E-state index in [2.05, 4.69) is 0 Å². The zero-order valence-corrected chi connectivity index (χ0v) is 11.1. The zero-order chi connectivity index (χ0) is 12.8. The number of aliphatic carboxylic acids is 1. The number of nitrogens with zero attached hydrogens (tertiary/aromatic N) is 1. The molecule has 0 saturated carbocycles. The predicted octanol–water partition coefficient (Wildman–Crippen LogP) is 3.29. The first-order valence-corrected chi connectivity index (χ1v) is 6.17. The molecule has 1 N–H and O–H groups in total. The van der Waals surface area contributed by atoms with E-state index in [1.54, 1.807) is 6.07 Å². The highest BCUT2D eigenvalue weighted by molar-refractivity contribution is 6.42. The molecule has 0 spiro atoms. The van der Waals surface area contributed by atoms with Gasteiger partial charge in [-0.3, -0.25) is 9.69 Å². The van der Waals surface area contributed by atoms with Gasteiger partial charge >= 0.3 is 5.97 Å². The molecule has 0 unspecified atom stereocenters. The Morgan fingerprint density at radius 3 is 2.71 bits per heavy atom. The van der Waals surface area contributed by atoms with E-state index in [1.807, 2.05) is 24.0 Å². The van der Waals surface area contributed by atoms with Crippen LogP contribution in [0.5, 0.6) is 0 Å². The van der Waals surface area contributed by atoms with Crippen molar-refractivity contribution in [2.45, 2.75) is 19.9 Å².